The van der Waals surface area contributed by atoms with Crippen LogP contribution >= 0.6 is 0 Å². The number of carbonyl (C=O) groups excluding carboxylic acids is 2. The summed E-state index contributed by atoms with van der Waals surface area (Å²) in [6, 6.07) is 0.301. The monoisotopic (exact) mass is 308 g/mol. The van der Waals surface area contributed by atoms with Gasteiger partial charge in [0.15, 0.2) is 0 Å². The van der Waals surface area contributed by atoms with Gasteiger partial charge in [0.2, 0.25) is 0 Å². The molecule has 22 heavy (non-hydrogen) atoms. The van der Waals surface area contributed by atoms with Gasteiger partial charge in [-0.3, -0.25) is 9.59 Å². The SMILES string of the molecule is C[C@@H]1CN(C(=O)C(=O)N2CCCC3CCCCC32)C[C@H](C)O1. The van der Waals surface area contributed by atoms with E-state index < -0.39 is 0 Å². The van der Waals surface area contributed by atoms with Crippen LogP contribution < -0.4 is 0 Å². The van der Waals surface area contributed by atoms with Crippen molar-refractivity contribution in [1.82, 2.24) is 9.80 Å². The summed E-state index contributed by atoms with van der Waals surface area (Å²) >= 11 is 0. The molecule has 1 saturated carbocycles. The number of ether oxygens (including phenoxy) is 1. The molecule has 1 aliphatic carbocycles. The number of nitrogens with zero attached hydrogens (tertiary/aromatic N) is 2. The quantitative estimate of drug-likeness (QED) is 0.641. The first-order chi connectivity index (χ1) is 10.6. The van der Waals surface area contributed by atoms with Gasteiger partial charge in [-0.1, -0.05) is 12.8 Å². The third kappa shape index (κ3) is 3.14. The van der Waals surface area contributed by atoms with E-state index in [4.69, 9.17) is 4.74 Å². The van der Waals surface area contributed by atoms with Crippen LogP contribution in [0.1, 0.15) is 52.4 Å². The molecule has 3 aliphatic rings. The number of likely N-dealkylation sites (tertiary alicyclic amines) is 1. The summed E-state index contributed by atoms with van der Waals surface area (Å²) < 4.78 is 5.66. The number of hydrogen-bond donors (Lipinski definition) is 0. The molecule has 0 N–H and O–H groups in total. The number of carbonyl (C=O) groups is 2. The molecular formula is C17H28N2O3. The number of amides is 2. The molecule has 4 atom stereocenters. The zero-order valence-corrected chi connectivity index (χ0v) is 13.8. The van der Waals surface area contributed by atoms with Crippen LogP contribution in [-0.4, -0.2) is 59.5 Å². The first-order valence-electron chi connectivity index (χ1n) is 8.81. The van der Waals surface area contributed by atoms with Crippen molar-refractivity contribution in [2.75, 3.05) is 19.6 Å². The fraction of sp³-hybridized carbons (Fsp3) is 0.882. The molecule has 2 amide bonds. The molecule has 3 rings (SSSR count). The Bertz CT molecular complexity index is 428. The van der Waals surface area contributed by atoms with Crippen molar-refractivity contribution in [3.8, 4) is 0 Å². The van der Waals surface area contributed by atoms with Crippen molar-refractivity contribution in [2.24, 2.45) is 5.92 Å². The van der Waals surface area contributed by atoms with Gasteiger partial charge in [-0.25, -0.2) is 0 Å². The van der Waals surface area contributed by atoms with Gasteiger partial charge in [0.1, 0.15) is 0 Å². The Morgan fingerprint density at radius 3 is 2.27 bits per heavy atom. The Morgan fingerprint density at radius 1 is 0.909 bits per heavy atom. The van der Waals surface area contributed by atoms with Crippen molar-refractivity contribution >= 4 is 11.8 Å². The van der Waals surface area contributed by atoms with Crippen LogP contribution in [0.15, 0.2) is 0 Å². The summed E-state index contributed by atoms with van der Waals surface area (Å²) in [7, 11) is 0. The normalized spacial score (nSPS) is 35.9. The van der Waals surface area contributed by atoms with Crippen LogP contribution in [0.3, 0.4) is 0 Å². The lowest BCUT2D eigenvalue weighted by Crippen LogP contribution is -2.57. The van der Waals surface area contributed by atoms with Crippen LogP contribution in [0.2, 0.25) is 0 Å². The fourth-order valence-electron chi connectivity index (χ4n) is 4.48. The lowest BCUT2D eigenvalue weighted by Gasteiger charge is -2.44. The van der Waals surface area contributed by atoms with E-state index >= 15 is 0 Å². The van der Waals surface area contributed by atoms with E-state index in [-0.39, 0.29) is 24.0 Å². The number of morpholine rings is 1. The smallest absolute Gasteiger partial charge is 0.312 e. The predicted molar refractivity (Wildman–Crippen MR) is 83.3 cm³/mol. The summed E-state index contributed by atoms with van der Waals surface area (Å²) in [6.45, 7) is 5.71. The second kappa shape index (κ2) is 6.57. The van der Waals surface area contributed by atoms with Gasteiger partial charge in [-0.15, -0.1) is 0 Å². The van der Waals surface area contributed by atoms with E-state index in [1.165, 1.54) is 25.7 Å². The topological polar surface area (TPSA) is 49.9 Å². The van der Waals surface area contributed by atoms with Gasteiger partial charge < -0.3 is 14.5 Å². The largest absolute Gasteiger partial charge is 0.372 e. The highest BCUT2D eigenvalue weighted by Crippen LogP contribution is 2.35. The molecule has 0 bridgehead atoms. The highest BCUT2D eigenvalue weighted by Gasteiger charge is 2.40. The maximum atomic E-state index is 12.8. The maximum absolute atomic E-state index is 12.8. The van der Waals surface area contributed by atoms with Crippen LogP contribution in [-0.2, 0) is 14.3 Å². The van der Waals surface area contributed by atoms with E-state index in [1.807, 2.05) is 18.7 Å². The summed E-state index contributed by atoms with van der Waals surface area (Å²) in [4.78, 5) is 29.0. The van der Waals surface area contributed by atoms with Gasteiger partial charge in [0.05, 0.1) is 12.2 Å². The standard InChI is InChI=1S/C17H28N2O3/c1-12-10-18(11-13(2)22-12)16(20)17(21)19-9-5-7-14-6-3-4-8-15(14)19/h12-15H,3-11H2,1-2H3/t12-,13+,14?,15?. The zero-order valence-electron chi connectivity index (χ0n) is 13.8. The minimum Gasteiger partial charge on any atom is -0.372 e. The predicted octanol–water partition coefficient (Wildman–Crippen LogP) is 1.80. The second-order valence-electron chi connectivity index (χ2n) is 7.22. The highest BCUT2D eigenvalue weighted by molar-refractivity contribution is 6.35. The molecule has 2 aliphatic heterocycles. The Labute approximate surface area is 133 Å². The Morgan fingerprint density at radius 2 is 1.55 bits per heavy atom. The van der Waals surface area contributed by atoms with E-state index in [1.54, 1.807) is 4.90 Å². The van der Waals surface area contributed by atoms with Crippen molar-refractivity contribution in [1.29, 1.82) is 0 Å². The zero-order chi connectivity index (χ0) is 15.7. The summed E-state index contributed by atoms with van der Waals surface area (Å²) in [6.07, 6.45) is 7.01. The lowest BCUT2D eigenvalue weighted by atomic mass is 9.78. The molecule has 0 spiro atoms. The molecule has 0 aromatic rings. The molecule has 124 valence electrons. The Balaban J connectivity index is 1.68. The first kappa shape index (κ1) is 15.8. The van der Waals surface area contributed by atoms with Crippen molar-refractivity contribution in [2.45, 2.75) is 70.6 Å². The number of rotatable bonds is 0. The summed E-state index contributed by atoms with van der Waals surface area (Å²) in [5.41, 5.74) is 0. The van der Waals surface area contributed by atoms with E-state index in [0.717, 1.165) is 19.4 Å². The first-order valence-corrected chi connectivity index (χ1v) is 8.81. The molecule has 2 saturated heterocycles. The maximum Gasteiger partial charge on any atom is 0.312 e. The third-order valence-corrected chi connectivity index (χ3v) is 5.39. The molecule has 5 nitrogen and oxygen atoms in total. The molecule has 0 aromatic carbocycles. The van der Waals surface area contributed by atoms with Crippen molar-refractivity contribution in [3.63, 3.8) is 0 Å². The second-order valence-corrected chi connectivity index (χ2v) is 7.22. The lowest BCUT2D eigenvalue weighted by molar-refractivity contribution is -0.161. The van der Waals surface area contributed by atoms with E-state index in [0.29, 0.717) is 25.0 Å². The Hall–Kier alpha value is -1.10. The number of fused-ring (bicyclic) bond motifs is 1. The highest BCUT2D eigenvalue weighted by atomic mass is 16.5. The summed E-state index contributed by atoms with van der Waals surface area (Å²) in [5.74, 6) is 0.00732. The molecule has 2 unspecified atom stereocenters. The Kier molecular flexibility index (Phi) is 4.71. The van der Waals surface area contributed by atoms with Gasteiger partial charge >= 0.3 is 11.8 Å². The van der Waals surface area contributed by atoms with E-state index in [2.05, 4.69) is 0 Å². The molecule has 0 radical (unpaired) electrons. The molecule has 3 fully saturated rings. The van der Waals surface area contributed by atoms with Crippen LogP contribution in [0.4, 0.5) is 0 Å². The minimum absolute atomic E-state index is 0.00397. The molecule has 5 heteroatoms. The molecule has 2 heterocycles. The number of hydrogen-bond acceptors (Lipinski definition) is 3. The van der Waals surface area contributed by atoms with Gasteiger partial charge in [0, 0.05) is 25.7 Å². The fourth-order valence-corrected chi connectivity index (χ4v) is 4.48. The van der Waals surface area contributed by atoms with Crippen molar-refractivity contribution < 1.29 is 14.3 Å². The molecular weight excluding hydrogens is 280 g/mol. The van der Waals surface area contributed by atoms with Gasteiger partial charge in [0.25, 0.3) is 0 Å². The average molecular weight is 308 g/mol. The summed E-state index contributed by atoms with van der Waals surface area (Å²) in [5, 5.41) is 0. The van der Waals surface area contributed by atoms with Crippen LogP contribution in [0.25, 0.3) is 0 Å². The minimum atomic E-state index is -0.326. The van der Waals surface area contributed by atoms with Gasteiger partial charge in [-0.2, -0.15) is 0 Å². The third-order valence-electron chi connectivity index (χ3n) is 5.39. The van der Waals surface area contributed by atoms with E-state index in [9.17, 15) is 9.59 Å². The van der Waals surface area contributed by atoms with Gasteiger partial charge in [-0.05, 0) is 45.4 Å². The van der Waals surface area contributed by atoms with Crippen molar-refractivity contribution in [3.05, 3.63) is 0 Å². The average Bonchev–Trinajstić information content (AvgIpc) is 2.52. The van der Waals surface area contributed by atoms with Crippen LogP contribution in [0.5, 0.6) is 0 Å². The van der Waals surface area contributed by atoms with Crippen LogP contribution in [0, 0.1) is 5.92 Å². The molecule has 0 aromatic heterocycles. The number of piperidine rings is 1.